The van der Waals surface area contributed by atoms with Crippen LogP contribution in [0.1, 0.15) is 30.1 Å². The molecule has 1 N–H and O–H groups in total. The standard InChI is InChI=1S/C16H21N5O2/c22-16(20-9-13(10-20)7-12-4-6-23-11-12)17-8-15-19-18-14-3-1-2-5-21(14)15/h4,6,11,13H,1-3,5,7-10H2,(H,17,22). The van der Waals surface area contributed by atoms with Crippen molar-refractivity contribution in [2.45, 2.75) is 38.8 Å². The lowest BCUT2D eigenvalue weighted by atomic mass is 9.94. The van der Waals surface area contributed by atoms with Crippen molar-refractivity contribution in [1.82, 2.24) is 25.0 Å². The zero-order valence-corrected chi connectivity index (χ0v) is 13.1. The SMILES string of the molecule is O=C(NCc1nnc2n1CCCC2)N1CC(Cc2ccoc2)C1. The minimum Gasteiger partial charge on any atom is -0.472 e. The summed E-state index contributed by atoms with van der Waals surface area (Å²) in [6.45, 7) is 3.02. The molecule has 2 aliphatic heterocycles. The first-order valence-corrected chi connectivity index (χ1v) is 8.24. The molecule has 7 heteroatoms. The van der Waals surface area contributed by atoms with Crippen molar-refractivity contribution < 1.29 is 9.21 Å². The van der Waals surface area contributed by atoms with Crippen molar-refractivity contribution in [3.05, 3.63) is 35.8 Å². The number of nitrogens with zero attached hydrogens (tertiary/aromatic N) is 4. The average Bonchev–Trinajstić information content (AvgIpc) is 3.17. The molecule has 4 rings (SSSR count). The molecular weight excluding hydrogens is 294 g/mol. The fraction of sp³-hybridized carbons (Fsp3) is 0.562. The van der Waals surface area contributed by atoms with Gasteiger partial charge >= 0.3 is 6.03 Å². The van der Waals surface area contributed by atoms with E-state index in [1.165, 1.54) is 12.0 Å². The van der Waals surface area contributed by atoms with Gasteiger partial charge in [0.15, 0.2) is 5.82 Å². The van der Waals surface area contributed by atoms with Crippen molar-refractivity contribution >= 4 is 6.03 Å². The quantitative estimate of drug-likeness (QED) is 0.929. The number of hydrogen-bond donors (Lipinski definition) is 1. The molecular formula is C16H21N5O2. The molecule has 0 aliphatic carbocycles. The van der Waals surface area contributed by atoms with Crippen LogP contribution in [0.4, 0.5) is 4.79 Å². The molecule has 1 fully saturated rings. The van der Waals surface area contributed by atoms with Crippen molar-refractivity contribution in [3.63, 3.8) is 0 Å². The Labute approximate surface area is 134 Å². The molecule has 2 amide bonds. The maximum absolute atomic E-state index is 12.2. The number of amides is 2. The van der Waals surface area contributed by atoms with Crippen molar-refractivity contribution in [2.75, 3.05) is 13.1 Å². The van der Waals surface area contributed by atoms with Gasteiger partial charge in [-0.15, -0.1) is 10.2 Å². The van der Waals surface area contributed by atoms with Crippen molar-refractivity contribution in [1.29, 1.82) is 0 Å². The van der Waals surface area contributed by atoms with Crippen LogP contribution in [0.3, 0.4) is 0 Å². The topological polar surface area (TPSA) is 76.2 Å². The molecule has 0 unspecified atom stereocenters. The number of rotatable bonds is 4. The van der Waals surface area contributed by atoms with Crippen LogP contribution in [0.2, 0.25) is 0 Å². The zero-order valence-electron chi connectivity index (χ0n) is 13.1. The number of likely N-dealkylation sites (tertiary alicyclic amines) is 1. The Balaban J connectivity index is 1.24. The molecule has 2 aromatic rings. The van der Waals surface area contributed by atoms with E-state index >= 15 is 0 Å². The Morgan fingerprint density at radius 1 is 1.35 bits per heavy atom. The number of aromatic nitrogens is 3. The largest absolute Gasteiger partial charge is 0.472 e. The predicted molar refractivity (Wildman–Crippen MR) is 82.7 cm³/mol. The van der Waals surface area contributed by atoms with Gasteiger partial charge in [-0.3, -0.25) is 0 Å². The zero-order chi connectivity index (χ0) is 15.6. The normalized spacial score (nSPS) is 17.7. The second kappa shape index (κ2) is 6.06. The Morgan fingerprint density at radius 2 is 2.26 bits per heavy atom. The Bertz CT molecular complexity index is 673. The third kappa shape index (κ3) is 2.95. The van der Waals surface area contributed by atoms with Crippen LogP contribution in [-0.2, 0) is 25.9 Å². The minimum absolute atomic E-state index is 0.0124. The van der Waals surface area contributed by atoms with Gasteiger partial charge in [0.2, 0.25) is 0 Å². The molecule has 0 radical (unpaired) electrons. The summed E-state index contributed by atoms with van der Waals surface area (Å²) >= 11 is 0. The smallest absolute Gasteiger partial charge is 0.317 e. The first-order valence-electron chi connectivity index (χ1n) is 8.24. The van der Waals surface area contributed by atoms with Gasteiger partial charge in [0, 0.05) is 26.1 Å². The van der Waals surface area contributed by atoms with E-state index < -0.39 is 0 Å². The molecule has 23 heavy (non-hydrogen) atoms. The summed E-state index contributed by atoms with van der Waals surface area (Å²) in [6.07, 6.45) is 7.76. The fourth-order valence-electron chi connectivity index (χ4n) is 3.37. The Hall–Kier alpha value is -2.31. The van der Waals surface area contributed by atoms with E-state index in [1.807, 2.05) is 11.0 Å². The fourth-order valence-corrected chi connectivity index (χ4v) is 3.37. The monoisotopic (exact) mass is 315 g/mol. The van der Waals surface area contributed by atoms with Crippen LogP contribution in [0.5, 0.6) is 0 Å². The molecule has 0 atom stereocenters. The minimum atomic E-state index is -0.0124. The highest BCUT2D eigenvalue weighted by atomic mass is 16.3. The van der Waals surface area contributed by atoms with Crippen LogP contribution < -0.4 is 5.32 Å². The van der Waals surface area contributed by atoms with Gasteiger partial charge < -0.3 is 19.2 Å². The van der Waals surface area contributed by atoms with E-state index in [4.69, 9.17) is 4.42 Å². The lowest BCUT2D eigenvalue weighted by Gasteiger charge is -2.39. The molecule has 2 aliphatic rings. The van der Waals surface area contributed by atoms with Crippen LogP contribution in [0.25, 0.3) is 0 Å². The summed E-state index contributed by atoms with van der Waals surface area (Å²) < 4.78 is 7.22. The number of urea groups is 1. The molecule has 1 saturated heterocycles. The number of carbonyl (C=O) groups is 1. The molecule has 0 spiro atoms. The summed E-state index contributed by atoms with van der Waals surface area (Å²) in [5, 5.41) is 11.4. The summed E-state index contributed by atoms with van der Waals surface area (Å²) in [6, 6.07) is 1.97. The molecule has 4 heterocycles. The maximum atomic E-state index is 12.2. The summed E-state index contributed by atoms with van der Waals surface area (Å²) in [5.74, 6) is 2.44. The maximum Gasteiger partial charge on any atom is 0.317 e. The van der Waals surface area contributed by atoms with Crippen LogP contribution in [-0.4, -0.2) is 38.8 Å². The van der Waals surface area contributed by atoms with E-state index in [1.54, 1.807) is 12.5 Å². The number of nitrogens with one attached hydrogen (secondary N) is 1. The third-order valence-electron chi connectivity index (χ3n) is 4.68. The highest BCUT2D eigenvalue weighted by Crippen LogP contribution is 2.21. The van der Waals surface area contributed by atoms with E-state index in [-0.39, 0.29) is 6.03 Å². The number of furan rings is 1. The molecule has 0 aromatic carbocycles. The summed E-state index contributed by atoms with van der Waals surface area (Å²) in [7, 11) is 0. The number of aryl methyl sites for hydroxylation is 1. The molecule has 0 bridgehead atoms. The van der Waals surface area contributed by atoms with E-state index in [0.717, 1.165) is 50.5 Å². The molecule has 122 valence electrons. The van der Waals surface area contributed by atoms with Gasteiger partial charge in [0.25, 0.3) is 0 Å². The molecule has 7 nitrogen and oxygen atoms in total. The van der Waals surface area contributed by atoms with Crippen LogP contribution in [0.15, 0.2) is 23.0 Å². The van der Waals surface area contributed by atoms with Crippen molar-refractivity contribution in [3.8, 4) is 0 Å². The highest BCUT2D eigenvalue weighted by Gasteiger charge is 2.30. The third-order valence-corrected chi connectivity index (χ3v) is 4.68. The van der Waals surface area contributed by atoms with E-state index in [0.29, 0.717) is 12.5 Å². The van der Waals surface area contributed by atoms with Gasteiger partial charge in [0.1, 0.15) is 5.82 Å². The van der Waals surface area contributed by atoms with Crippen LogP contribution >= 0.6 is 0 Å². The van der Waals surface area contributed by atoms with E-state index in [2.05, 4.69) is 20.1 Å². The van der Waals surface area contributed by atoms with Gasteiger partial charge in [-0.05, 0) is 36.8 Å². The Kier molecular flexibility index (Phi) is 3.77. The van der Waals surface area contributed by atoms with Gasteiger partial charge in [-0.2, -0.15) is 0 Å². The summed E-state index contributed by atoms with van der Waals surface area (Å²) in [5.41, 5.74) is 1.20. The van der Waals surface area contributed by atoms with Gasteiger partial charge in [-0.1, -0.05) is 0 Å². The second-order valence-electron chi connectivity index (χ2n) is 6.41. The lowest BCUT2D eigenvalue weighted by Crippen LogP contribution is -2.54. The number of hydrogen-bond acceptors (Lipinski definition) is 4. The predicted octanol–water partition coefficient (Wildman–Crippen LogP) is 1.59. The number of carbonyl (C=O) groups excluding carboxylic acids is 1. The first-order chi connectivity index (χ1) is 11.3. The lowest BCUT2D eigenvalue weighted by molar-refractivity contribution is 0.120. The average molecular weight is 315 g/mol. The number of fused-ring (bicyclic) bond motifs is 1. The first kappa shape index (κ1) is 14.3. The highest BCUT2D eigenvalue weighted by molar-refractivity contribution is 5.74. The second-order valence-corrected chi connectivity index (χ2v) is 6.41. The van der Waals surface area contributed by atoms with Gasteiger partial charge in [-0.25, -0.2) is 4.79 Å². The summed E-state index contributed by atoms with van der Waals surface area (Å²) in [4.78, 5) is 14.0. The van der Waals surface area contributed by atoms with Crippen molar-refractivity contribution in [2.24, 2.45) is 5.92 Å². The molecule has 0 saturated carbocycles. The molecule has 2 aromatic heterocycles. The van der Waals surface area contributed by atoms with E-state index in [9.17, 15) is 4.79 Å². The Morgan fingerprint density at radius 3 is 3.09 bits per heavy atom. The van der Waals surface area contributed by atoms with Crippen LogP contribution in [0, 0.1) is 5.92 Å². The van der Waals surface area contributed by atoms with Gasteiger partial charge in [0.05, 0.1) is 19.1 Å².